The number of hydrogen-bond donors (Lipinski definition) is 0. The van der Waals surface area contributed by atoms with Crippen molar-refractivity contribution in [2.45, 2.75) is 33.3 Å². The smallest absolute Gasteiger partial charge is 0.312 e. The molecule has 1 heterocycles. The number of amides is 1. The second-order valence-electron chi connectivity index (χ2n) is 7.15. The van der Waals surface area contributed by atoms with Crippen LogP contribution in [0.1, 0.15) is 34.8 Å². The summed E-state index contributed by atoms with van der Waals surface area (Å²) in [5, 5.41) is 0.525. The second kappa shape index (κ2) is 8.15. The summed E-state index contributed by atoms with van der Waals surface area (Å²) in [6.07, 6.45) is -0.854. The van der Waals surface area contributed by atoms with Crippen molar-refractivity contribution in [1.29, 1.82) is 0 Å². The number of anilines is 1. The van der Waals surface area contributed by atoms with Gasteiger partial charge in [-0.3, -0.25) is 14.4 Å². The fourth-order valence-electron chi connectivity index (χ4n) is 3.38. The summed E-state index contributed by atoms with van der Waals surface area (Å²) >= 11 is 5.83. The Bertz CT molecular complexity index is 923. The molecule has 1 fully saturated rings. The molecule has 0 N–H and O–H groups in total. The number of ketones is 1. The number of rotatable bonds is 5. The van der Waals surface area contributed by atoms with Crippen LogP contribution in [0.3, 0.4) is 0 Å². The Hall–Kier alpha value is -2.66. The highest BCUT2D eigenvalue weighted by Crippen LogP contribution is 2.29. The van der Waals surface area contributed by atoms with E-state index in [1.54, 1.807) is 29.2 Å². The topological polar surface area (TPSA) is 63.7 Å². The maximum absolute atomic E-state index is 12.5. The van der Waals surface area contributed by atoms with Gasteiger partial charge >= 0.3 is 5.97 Å². The number of carbonyl (C=O) groups is 3. The number of halogens is 1. The Morgan fingerprint density at radius 3 is 2.46 bits per heavy atom. The van der Waals surface area contributed by atoms with Gasteiger partial charge in [0.2, 0.25) is 11.7 Å². The van der Waals surface area contributed by atoms with Gasteiger partial charge in [-0.05, 0) is 56.7 Å². The normalized spacial score (nSPS) is 17.5. The van der Waals surface area contributed by atoms with Crippen LogP contribution in [-0.4, -0.2) is 30.3 Å². The molecule has 2 atom stereocenters. The number of nitrogens with zero attached hydrogens (tertiary/aromatic N) is 1. The first kappa shape index (κ1) is 20.1. The van der Waals surface area contributed by atoms with Gasteiger partial charge in [0, 0.05) is 29.2 Å². The van der Waals surface area contributed by atoms with Crippen molar-refractivity contribution < 1.29 is 19.1 Å². The molecule has 5 nitrogen and oxygen atoms in total. The zero-order valence-electron chi connectivity index (χ0n) is 16.1. The van der Waals surface area contributed by atoms with Crippen LogP contribution in [0.2, 0.25) is 5.02 Å². The molecule has 0 saturated carbocycles. The van der Waals surface area contributed by atoms with E-state index in [0.717, 1.165) is 16.8 Å². The van der Waals surface area contributed by atoms with Crippen LogP contribution in [0.15, 0.2) is 42.5 Å². The molecule has 28 heavy (non-hydrogen) atoms. The van der Waals surface area contributed by atoms with Gasteiger partial charge in [-0.1, -0.05) is 29.3 Å². The van der Waals surface area contributed by atoms with E-state index in [1.165, 1.54) is 6.92 Å². The minimum Gasteiger partial charge on any atom is -0.454 e. The molecular formula is C22H22ClNO4. The number of benzene rings is 2. The van der Waals surface area contributed by atoms with E-state index in [9.17, 15) is 14.4 Å². The predicted molar refractivity (Wildman–Crippen MR) is 108 cm³/mol. The van der Waals surface area contributed by atoms with Gasteiger partial charge < -0.3 is 9.64 Å². The lowest BCUT2D eigenvalue weighted by Crippen LogP contribution is -2.30. The molecule has 1 aliphatic rings. The molecule has 0 radical (unpaired) electrons. The van der Waals surface area contributed by atoms with Crippen LogP contribution in [0.5, 0.6) is 0 Å². The largest absolute Gasteiger partial charge is 0.454 e. The first-order valence-electron chi connectivity index (χ1n) is 9.14. The fourth-order valence-corrected chi connectivity index (χ4v) is 3.51. The minimum atomic E-state index is -0.932. The van der Waals surface area contributed by atoms with Crippen LogP contribution in [0.4, 0.5) is 5.69 Å². The molecule has 1 amide bonds. The Morgan fingerprint density at radius 1 is 1.14 bits per heavy atom. The van der Waals surface area contributed by atoms with Gasteiger partial charge in [0.15, 0.2) is 6.10 Å². The van der Waals surface area contributed by atoms with Gasteiger partial charge in [0.05, 0.1) is 5.92 Å². The SMILES string of the molecule is Cc1ccc(N2C[C@@H](C(=O)O[C@@H](C)C(=O)c3ccc(Cl)cc3)CC2=O)c(C)c1. The highest BCUT2D eigenvalue weighted by atomic mass is 35.5. The molecule has 0 bridgehead atoms. The highest BCUT2D eigenvalue weighted by molar-refractivity contribution is 6.30. The summed E-state index contributed by atoms with van der Waals surface area (Å²) in [6, 6.07) is 12.2. The third kappa shape index (κ3) is 4.25. The molecule has 2 aromatic rings. The molecule has 0 aliphatic carbocycles. The first-order chi connectivity index (χ1) is 13.3. The Labute approximate surface area is 169 Å². The average Bonchev–Trinajstić information content (AvgIpc) is 3.03. The number of Topliss-reactive ketones (excluding diaryl/α,β-unsaturated/α-hetero) is 1. The zero-order valence-corrected chi connectivity index (χ0v) is 16.8. The van der Waals surface area contributed by atoms with E-state index in [0.29, 0.717) is 10.6 Å². The summed E-state index contributed by atoms with van der Waals surface area (Å²) in [5.74, 6) is -1.55. The Balaban J connectivity index is 1.65. The number of ether oxygens (including phenoxy) is 1. The van der Waals surface area contributed by atoms with Gasteiger partial charge in [0.1, 0.15) is 0 Å². The molecule has 6 heteroatoms. The monoisotopic (exact) mass is 399 g/mol. The summed E-state index contributed by atoms with van der Waals surface area (Å²) < 4.78 is 5.36. The summed E-state index contributed by atoms with van der Waals surface area (Å²) in [6.45, 7) is 5.72. The van der Waals surface area contributed by atoms with Gasteiger partial charge in [-0.25, -0.2) is 0 Å². The van der Waals surface area contributed by atoms with E-state index in [2.05, 4.69) is 0 Å². The van der Waals surface area contributed by atoms with Gasteiger partial charge in [-0.15, -0.1) is 0 Å². The quantitative estimate of drug-likeness (QED) is 0.560. The fraction of sp³-hybridized carbons (Fsp3) is 0.318. The molecule has 1 saturated heterocycles. The standard InChI is InChI=1S/C22H22ClNO4/c1-13-4-9-19(14(2)10-13)24-12-17(11-20(24)25)22(27)28-15(3)21(26)16-5-7-18(23)8-6-16/h4-10,15,17H,11-12H2,1-3H3/t15-,17-/m0/s1. The van der Waals surface area contributed by atoms with Crippen molar-refractivity contribution in [2.24, 2.45) is 5.92 Å². The van der Waals surface area contributed by atoms with Crippen molar-refractivity contribution in [3.05, 3.63) is 64.2 Å². The number of esters is 1. The highest BCUT2D eigenvalue weighted by Gasteiger charge is 2.37. The maximum Gasteiger partial charge on any atom is 0.312 e. The molecule has 2 aromatic carbocycles. The van der Waals surface area contributed by atoms with Crippen molar-refractivity contribution in [1.82, 2.24) is 0 Å². The lowest BCUT2D eigenvalue weighted by Gasteiger charge is -2.20. The third-order valence-electron chi connectivity index (χ3n) is 4.89. The van der Waals surface area contributed by atoms with Crippen molar-refractivity contribution >= 4 is 34.9 Å². The van der Waals surface area contributed by atoms with E-state index < -0.39 is 18.0 Å². The van der Waals surface area contributed by atoms with E-state index in [-0.39, 0.29) is 24.7 Å². The minimum absolute atomic E-state index is 0.0774. The third-order valence-corrected chi connectivity index (χ3v) is 5.14. The molecule has 0 unspecified atom stereocenters. The lowest BCUT2D eigenvalue weighted by molar-refractivity contribution is -0.151. The lowest BCUT2D eigenvalue weighted by atomic mass is 10.1. The van der Waals surface area contributed by atoms with Crippen LogP contribution in [-0.2, 0) is 14.3 Å². The maximum atomic E-state index is 12.5. The van der Waals surface area contributed by atoms with Gasteiger partial charge in [0.25, 0.3) is 0 Å². The van der Waals surface area contributed by atoms with E-state index in [4.69, 9.17) is 16.3 Å². The predicted octanol–water partition coefficient (Wildman–Crippen LogP) is 4.12. The van der Waals surface area contributed by atoms with E-state index in [1.807, 2.05) is 32.0 Å². The summed E-state index contributed by atoms with van der Waals surface area (Å²) in [7, 11) is 0. The van der Waals surface area contributed by atoms with Gasteiger partial charge in [-0.2, -0.15) is 0 Å². The van der Waals surface area contributed by atoms with Crippen LogP contribution >= 0.6 is 11.6 Å². The van der Waals surface area contributed by atoms with Crippen LogP contribution in [0, 0.1) is 19.8 Å². The molecule has 0 aromatic heterocycles. The van der Waals surface area contributed by atoms with Crippen molar-refractivity contribution in [3.63, 3.8) is 0 Å². The number of hydrogen-bond acceptors (Lipinski definition) is 4. The molecule has 3 rings (SSSR count). The second-order valence-corrected chi connectivity index (χ2v) is 7.58. The zero-order chi connectivity index (χ0) is 20.4. The first-order valence-corrected chi connectivity index (χ1v) is 9.52. The van der Waals surface area contributed by atoms with Crippen molar-refractivity contribution in [2.75, 3.05) is 11.4 Å². The molecule has 146 valence electrons. The average molecular weight is 400 g/mol. The summed E-state index contributed by atoms with van der Waals surface area (Å²) in [5.41, 5.74) is 3.31. The Kier molecular flexibility index (Phi) is 5.84. The number of carbonyl (C=O) groups excluding carboxylic acids is 3. The van der Waals surface area contributed by atoms with Crippen molar-refractivity contribution in [3.8, 4) is 0 Å². The van der Waals surface area contributed by atoms with Crippen LogP contribution < -0.4 is 4.90 Å². The van der Waals surface area contributed by atoms with Crippen LogP contribution in [0.25, 0.3) is 0 Å². The Morgan fingerprint density at radius 2 is 1.82 bits per heavy atom. The number of aryl methyl sites for hydroxylation is 2. The van der Waals surface area contributed by atoms with E-state index >= 15 is 0 Å². The molecular weight excluding hydrogens is 378 g/mol. The summed E-state index contributed by atoms with van der Waals surface area (Å²) in [4.78, 5) is 39.0. The molecule has 0 spiro atoms. The molecule has 1 aliphatic heterocycles.